The minimum absolute atomic E-state index is 0.271. The number of carbonyl (C=O) groups excluding carboxylic acids is 1. The Balaban J connectivity index is 1.96. The van der Waals surface area contributed by atoms with Crippen molar-refractivity contribution in [3.8, 4) is 0 Å². The van der Waals surface area contributed by atoms with Crippen LogP contribution in [0.1, 0.15) is 25.7 Å². The van der Waals surface area contributed by atoms with Crippen LogP contribution < -0.4 is 5.32 Å². The molecule has 1 N–H and O–H groups in total. The third kappa shape index (κ3) is 1.05. The summed E-state index contributed by atoms with van der Waals surface area (Å²) in [4.78, 5) is 13.7. The first kappa shape index (κ1) is 8.24. The molecule has 2 aliphatic heterocycles. The summed E-state index contributed by atoms with van der Waals surface area (Å²) in [6.07, 6.45) is 10.4. The van der Waals surface area contributed by atoms with Gasteiger partial charge in [0, 0.05) is 12.1 Å². The van der Waals surface area contributed by atoms with E-state index in [0.29, 0.717) is 12.5 Å². The largest absolute Gasteiger partial charge is 0.299 e. The van der Waals surface area contributed by atoms with E-state index in [2.05, 4.69) is 23.5 Å². The van der Waals surface area contributed by atoms with E-state index in [9.17, 15) is 4.79 Å². The van der Waals surface area contributed by atoms with E-state index in [4.69, 9.17) is 0 Å². The topological polar surface area (TPSA) is 32.3 Å². The number of allylic oxidation sites excluding steroid dienone is 2. The van der Waals surface area contributed by atoms with Gasteiger partial charge in [0.1, 0.15) is 0 Å². The lowest BCUT2D eigenvalue weighted by molar-refractivity contribution is -0.132. The normalized spacial score (nSPS) is 35.3. The molecule has 0 aromatic heterocycles. The number of nitrogens with one attached hydrogen (secondary N) is 1. The van der Waals surface area contributed by atoms with E-state index >= 15 is 0 Å². The highest BCUT2D eigenvalue weighted by Crippen LogP contribution is 2.32. The summed E-state index contributed by atoms with van der Waals surface area (Å²) in [7, 11) is 0. The molecule has 0 saturated carbocycles. The predicted molar refractivity (Wildman–Crippen MR) is 53.2 cm³/mol. The minimum Gasteiger partial charge on any atom is -0.299 e. The van der Waals surface area contributed by atoms with E-state index in [-0.39, 0.29) is 12.1 Å². The molecule has 3 nitrogen and oxygen atoms in total. The first-order valence-electron chi connectivity index (χ1n) is 5.31. The van der Waals surface area contributed by atoms with E-state index in [0.717, 1.165) is 19.3 Å². The summed E-state index contributed by atoms with van der Waals surface area (Å²) in [6, 6.07) is 0.382. The van der Waals surface area contributed by atoms with Gasteiger partial charge in [0.25, 0.3) is 0 Å². The van der Waals surface area contributed by atoms with E-state index in [1.54, 1.807) is 0 Å². The third-order valence-corrected chi connectivity index (χ3v) is 3.25. The third-order valence-electron chi connectivity index (χ3n) is 3.25. The number of amides is 1. The second-order valence-electron chi connectivity index (χ2n) is 4.15. The average Bonchev–Trinajstić information content (AvgIpc) is 2.57. The highest BCUT2D eigenvalue weighted by molar-refractivity contribution is 5.80. The number of hydrogen-bond acceptors (Lipinski definition) is 2. The van der Waals surface area contributed by atoms with Crippen LogP contribution in [0.3, 0.4) is 0 Å². The molecule has 2 saturated heterocycles. The van der Waals surface area contributed by atoms with Gasteiger partial charge >= 0.3 is 0 Å². The van der Waals surface area contributed by atoms with Gasteiger partial charge in [0.15, 0.2) is 0 Å². The number of piperidine rings is 1. The Morgan fingerprint density at radius 2 is 2.43 bits per heavy atom. The van der Waals surface area contributed by atoms with Crippen LogP contribution in [0, 0.1) is 0 Å². The zero-order valence-electron chi connectivity index (χ0n) is 8.07. The quantitative estimate of drug-likeness (QED) is 0.621. The maximum absolute atomic E-state index is 11.8. The molecular formula is C11H14N2O. The van der Waals surface area contributed by atoms with E-state index in [1.807, 2.05) is 4.90 Å². The molecule has 2 heterocycles. The first-order valence-corrected chi connectivity index (χ1v) is 5.31. The SMILES string of the molecule is O=C1CCCC2NC3CC=CC=C3N12. The van der Waals surface area contributed by atoms with E-state index < -0.39 is 0 Å². The van der Waals surface area contributed by atoms with Gasteiger partial charge in [-0.15, -0.1) is 0 Å². The van der Waals surface area contributed by atoms with Crippen molar-refractivity contribution in [2.24, 2.45) is 0 Å². The fourth-order valence-corrected chi connectivity index (χ4v) is 2.60. The number of rotatable bonds is 0. The second-order valence-corrected chi connectivity index (χ2v) is 4.15. The first-order chi connectivity index (χ1) is 6.86. The Morgan fingerprint density at radius 1 is 1.50 bits per heavy atom. The summed E-state index contributed by atoms with van der Waals surface area (Å²) in [5.41, 5.74) is 1.18. The summed E-state index contributed by atoms with van der Waals surface area (Å²) < 4.78 is 0. The molecule has 14 heavy (non-hydrogen) atoms. The monoisotopic (exact) mass is 190 g/mol. The Labute approximate surface area is 83.5 Å². The lowest BCUT2D eigenvalue weighted by Crippen LogP contribution is -2.42. The van der Waals surface area contributed by atoms with Crippen LogP contribution in [0.4, 0.5) is 0 Å². The Hall–Kier alpha value is -1.09. The molecule has 0 radical (unpaired) electrons. The zero-order valence-corrected chi connectivity index (χ0v) is 8.07. The van der Waals surface area contributed by atoms with Crippen molar-refractivity contribution in [3.63, 3.8) is 0 Å². The average molecular weight is 190 g/mol. The molecule has 0 aromatic carbocycles. The Bertz CT molecular complexity index is 332. The smallest absolute Gasteiger partial charge is 0.228 e. The van der Waals surface area contributed by atoms with E-state index in [1.165, 1.54) is 5.70 Å². The summed E-state index contributed by atoms with van der Waals surface area (Å²) in [5, 5.41) is 3.51. The van der Waals surface area contributed by atoms with Crippen molar-refractivity contribution in [3.05, 3.63) is 23.9 Å². The van der Waals surface area contributed by atoms with Crippen LogP contribution in [0.25, 0.3) is 0 Å². The molecule has 3 rings (SSSR count). The van der Waals surface area contributed by atoms with Crippen molar-refractivity contribution in [2.45, 2.75) is 37.9 Å². The van der Waals surface area contributed by atoms with Crippen LogP contribution in [0.5, 0.6) is 0 Å². The van der Waals surface area contributed by atoms with Crippen molar-refractivity contribution < 1.29 is 4.79 Å². The maximum Gasteiger partial charge on any atom is 0.228 e. The van der Waals surface area contributed by atoms with Crippen LogP contribution >= 0.6 is 0 Å². The molecule has 1 amide bonds. The number of carbonyl (C=O) groups is 1. The van der Waals surface area contributed by atoms with Gasteiger partial charge < -0.3 is 0 Å². The molecule has 0 spiro atoms. The molecule has 3 aliphatic rings. The van der Waals surface area contributed by atoms with Crippen molar-refractivity contribution in [1.82, 2.24) is 10.2 Å². The van der Waals surface area contributed by atoms with Gasteiger partial charge in [-0.25, -0.2) is 0 Å². The lowest BCUT2D eigenvalue weighted by Gasteiger charge is -2.29. The summed E-state index contributed by atoms with van der Waals surface area (Å²) in [6.45, 7) is 0. The van der Waals surface area contributed by atoms with Gasteiger partial charge in [0.2, 0.25) is 5.91 Å². The molecule has 0 aromatic rings. The molecule has 2 unspecified atom stereocenters. The number of fused-ring (bicyclic) bond motifs is 3. The molecule has 3 heteroatoms. The van der Waals surface area contributed by atoms with Crippen molar-refractivity contribution in [2.75, 3.05) is 0 Å². The highest BCUT2D eigenvalue weighted by atomic mass is 16.2. The summed E-state index contributed by atoms with van der Waals surface area (Å²) in [5.74, 6) is 0.290. The fourth-order valence-electron chi connectivity index (χ4n) is 2.60. The molecule has 0 bridgehead atoms. The van der Waals surface area contributed by atoms with Gasteiger partial charge in [-0.3, -0.25) is 15.0 Å². The van der Waals surface area contributed by atoms with Crippen LogP contribution in [0.15, 0.2) is 23.9 Å². The minimum atomic E-state index is 0.271. The predicted octanol–water partition coefficient (Wildman–Crippen LogP) is 1.14. The fraction of sp³-hybridized carbons (Fsp3) is 0.545. The number of nitrogens with zero attached hydrogens (tertiary/aromatic N) is 1. The Kier molecular flexibility index (Phi) is 1.74. The second kappa shape index (κ2) is 2.95. The van der Waals surface area contributed by atoms with Crippen LogP contribution in [-0.4, -0.2) is 23.0 Å². The van der Waals surface area contributed by atoms with Crippen molar-refractivity contribution in [1.29, 1.82) is 0 Å². The van der Waals surface area contributed by atoms with Gasteiger partial charge in [-0.1, -0.05) is 12.2 Å². The van der Waals surface area contributed by atoms with Crippen LogP contribution in [-0.2, 0) is 4.79 Å². The molecule has 74 valence electrons. The zero-order chi connectivity index (χ0) is 9.54. The van der Waals surface area contributed by atoms with Gasteiger partial charge in [-0.2, -0.15) is 0 Å². The van der Waals surface area contributed by atoms with Gasteiger partial charge in [-0.05, 0) is 25.3 Å². The van der Waals surface area contributed by atoms with Crippen molar-refractivity contribution >= 4 is 5.91 Å². The Morgan fingerprint density at radius 3 is 3.36 bits per heavy atom. The molecule has 2 fully saturated rings. The molecule has 2 atom stereocenters. The van der Waals surface area contributed by atoms with Gasteiger partial charge in [0.05, 0.1) is 12.2 Å². The highest BCUT2D eigenvalue weighted by Gasteiger charge is 2.40. The lowest BCUT2D eigenvalue weighted by atomic mass is 10.0. The molecule has 1 aliphatic carbocycles. The molecular weight excluding hydrogens is 176 g/mol. The van der Waals surface area contributed by atoms with Crippen LogP contribution in [0.2, 0.25) is 0 Å². The summed E-state index contributed by atoms with van der Waals surface area (Å²) >= 11 is 0. The maximum atomic E-state index is 11.8. The number of hydrogen-bond donors (Lipinski definition) is 1. The standard InChI is InChI=1S/C11H14N2O/c14-11-7-3-6-10-12-8-4-1-2-5-9(8)13(10)11/h1-2,5,8,10,12H,3-4,6-7H2.